The third-order valence-electron chi connectivity index (χ3n) is 3.94. The molecule has 1 atom stereocenters. The molecular formula is C15H17ClF3NO. The van der Waals surface area contributed by atoms with Crippen LogP contribution in [0, 0.1) is 5.92 Å². The van der Waals surface area contributed by atoms with Crippen molar-refractivity contribution in [1.29, 1.82) is 0 Å². The van der Waals surface area contributed by atoms with Gasteiger partial charge in [0.1, 0.15) is 0 Å². The maximum atomic E-state index is 13.0. The molecule has 0 N–H and O–H groups in total. The molecule has 1 fully saturated rings. The van der Waals surface area contributed by atoms with Crippen molar-refractivity contribution in [2.24, 2.45) is 5.92 Å². The van der Waals surface area contributed by atoms with E-state index in [1.165, 1.54) is 23.1 Å². The number of hydrogen-bond acceptors (Lipinski definition) is 1. The van der Waals surface area contributed by atoms with Gasteiger partial charge in [-0.3, -0.25) is 4.79 Å². The Balaban J connectivity index is 2.15. The van der Waals surface area contributed by atoms with Gasteiger partial charge in [0.25, 0.3) is 5.91 Å². The number of nitrogens with zero attached hydrogens (tertiary/aromatic N) is 1. The van der Waals surface area contributed by atoms with E-state index in [9.17, 15) is 18.0 Å². The van der Waals surface area contributed by atoms with Crippen LogP contribution < -0.4 is 0 Å². The molecule has 0 aromatic heterocycles. The number of likely N-dealkylation sites (tertiary alicyclic amines) is 1. The van der Waals surface area contributed by atoms with Crippen molar-refractivity contribution in [3.05, 3.63) is 35.4 Å². The van der Waals surface area contributed by atoms with Crippen molar-refractivity contribution >= 4 is 17.5 Å². The van der Waals surface area contributed by atoms with Crippen molar-refractivity contribution < 1.29 is 18.0 Å². The second-order valence-electron chi connectivity index (χ2n) is 5.35. The lowest BCUT2D eigenvalue weighted by atomic mass is 9.93. The summed E-state index contributed by atoms with van der Waals surface area (Å²) >= 11 is 6.03. The Bertz CT molecular complexity index is 508. The lowest BCUT2D eigenvalue weighted by Crippen LogP contribution is -2.40. The predicted molar refractivity (Wildman–Crippen MR) is 75.4 cm³/mol. The van der Waals surface area contributed by atoms with Gasteiger partial charge in [0.15, 0.2) is 0 Å². The van der Waals surface area contributed by atoms with E-state index >= 15 is 0 Å². The standard InChI is InChI=1S/C15H17ClF3NO/c1-10(16)11-6-8-20(9-7-11)14(21)12-4-2-3-5-13(12)15(17,18)19/h2-5,10-11H,6-9H2,1H3. The number of carbonyl (C=O) groups is 1. The van der Waals surface area contributed by atoms with E-state index in [4.69, 9.17) is 11.6 Å². The average Bonchev–Trinajstić information content (AvgIpc) is 2.45. The van der Waals surface area contributed by atoms with Crippen LogP contribution in [-0.4, -0.2) is 29.3 Å². The van der Waals surface area contributed by atoms with Crippen molar-refractivity contribution in [2.75, 3.05) is 13.1 Å². The lowest BCUT2D eigenvalue weighted by Gasteiger charge is -2.33. The average molecular weight is 320 g/mol. The Morgan fingerprint density at radius 3 is 2.38 bits per heavy atom. The van der Waals surface area contributed by atoms with Gasteiger partial charge in [-0.25, -0.2) is 0 Å². The molecule has 1 aliphatic rings. The van der Waals surface area contributed by atoms with Gasteiger partial charge in [-0.15, -0.1) is 11.6 Å². The van der Waals surface area contributed by atoms with Gasteiger partial charge in [-0.1, -0.05) is 12.1 Å². The van der Waals surface area contributed by atoms with E-state index in [1.807, 2.05) is 6.92 Å². The summed E-state index contributed by atoms with van der Waals surface area (Å²) in [7, 11) is 0. The molecule has 2 nitrogen and oxygen atoms in total. The van der Waals surface area contributed by atoms with Crippen LogP contribution in [0.25, 0.3) is 0 Å². The molecule has 1 heterocycles. The fourth-order valence-corrected chi connectivity index (χ4v) is 2.90. The monoisotopic (exact) mass is 319 g/mol. The Morgan fingerprint density at radius 2 is 1.86 bits per heavy atom. The van der Waals surface area contributed by atoms with Crippen LogP contribution >= 0.6 is 11.6 Å². The smallest absolute Gasteiger partial charge is 0.339 e. The number of hydrogen-bond donors (Lipinski definition) is 0. The van der Waals surface area contributed by atoms with Gasteiger partial charge in [-0.2, -0.15) is 13.2 Å². The van der Waals surface area contributed by atoms with Crippen LogP contribution in [0.4, 0.5) is 13.2 Å². The Kier molecular flexibility index (Phi) is 4.81. The number of carbonyl (C=O) groups excluding carboxylic acids is 1. The maximum Gasteiger partial charge on any atom is 0.417 e. The van der Waals surface area contributed by atoms with Crippen LogP contribution in [0.1, 0.15) is 35.7 Å². The summed E-state index contributed by atoms with van der Waals surface area (Å²) < 4.78 is 38.9. The zero-order chi connectivity index (χ0) is 15.6. The second kappa shape index (κ2) is 6.26. The van der Waals surface area contributed by atoms with Crippen LogP contribution in [-0.2, 0) is 6.18 Å². The molecular weight excluding hydrogens is 303 g/mol. The Labute approximate surface area is 126 Å². The van der Waals surface area contributed by atoms with E-state index < -0.39 is 17.6 Å². The molecule has 0 saturated carbocycles. The van der Waals surface area contributed by atoms with Crippen molar-refractivity contribution in [3.8, 4) is 0 Å². The summed E-state index contributed by atoms with van der Waals surface area (Å²) in [5.74, 6) is -0.239. The first-order chi connectivity index (χ1) is 9.80. The normalized spacial score (nSPS) is 18.6. The first-order valence-corrected chi connectivity index (χ1v) is 7.34. The van der Waals surface area contributed by atoms with E-state index in [-0.39, 0.29) is 10.9 Å². The third-order valence-corrected chi connectivity index (χ3v) is 4.30. The highest BCUT2D eigenvalue weighted by Gasteiger charge is 2.36. The minimum Gasteiger partial charge on any atom is -0.339 e. The van der Waals surface area contributed by atoms with E-state index in [0.29, 0.717) is 19.0 Å². The van der Waals surface area contributed by atoms with Crippen molar-refractivity contribution in [1.82, 2.24) is 4.90 Å². The minimum atomic E-state index is -4.52. The maximum absolute atomic E-state index is 13.0. The van der Waals surface area contributed by atoms with Crippen LogP contribution in [0.2, 0.25) is 0 Å². The van der Waals surface area contributed by atoms with Gasteiger partial charge in [0, 0.05) is 18.5 Å². The molecule has 0 aliphatic carbocycles. The Morgan fingerprint density at radius 1 is 1.29 bits per heavy atom. The molecule has 1 aliphatic heterocycles. The molecule has 21 heavy (non-hydrogen) atoms. The zero-order valence-corrected chi connectivity index (χ0v) is 12.4. The van der Waals surface area contributed by atoms with E-state index in [2.05, 4.69) is 0 Å². The SMILES string of the molecule is CC(Cl)C1CCN(C(=O)c2ccccc2C(F)(F)F)CC1. The van der Waals surface area contributed by atoms with Crippen LogP contribution in [0.15, 0.2) is 24.3 Å². The summed E-state index contributed by atoms with van der Waals surface area (Å²) in [6.07, 6.45) is -3.07. The number of halogens is 4. The summed E-state index contributed by atoms with van der Waals surface area (Å²) in [5.41, 5.74) is -1.15. The van der Waals surface area contributed by atoms with Crippen LogP contribution in [0.3, 0.4) is 0 Å². The van der Waals surface area contributed by atoms with Crippen molar-refractivity contribution in [3.63, 3.8) is 0 Å². The van der Waals surface area contributed by atoms with Crippen LogP contribution in [0.5, 0.6) is 0 Å². The quantitative estimate of drug-likeness (QED) is 0.749. The van der Waals surface area contributed by atoms with Gasteiger partial charge < -0.3 is 4.90 Å². The largest absolute Gasteiger partial charge is 0.417 e. The molecule has 0 radical (unpaired) electrons. The molecule has 1 aromatic rings. The van der Waals surface area contributed by atoms with Crippen molar-refractivity contribution in [2.45, 2.75) is 31.3 Å². The molecule has 0 spiro atoms. The first kappa shape index (κ1) is 16.1. The minimum absolute atomic E-state index is 0.0183. The molecule has 1 saturated heterocycles. The van der Waals surface area contributed by atoms with E-state index in [1.54, 1.807) is 0 Å². The fraction of sp³-hybridized carbons (Fsp3) is 0.533. The summed E-state index contributed by atoms with van der Waals surface area (Å²) in [5, 5.41) is 0.0183. The number of alkyl halides is 4. The fourth-order valence-electron chi connectivity index (χ4n) is 2.65. The Hall–Kier alpha value is -1.23. The van der Waals surface area contributed by atoms with E-state index in [0.717, 1.165) is 18.9 Å². The molecule has 1 amide bonds. The van der Waals surface area contributed by atoms with Gasteiger partial charge in [0.05, 0.1) is 11.1 Å². The highest BCUT2D eigenvalue weighted by molar-refractivity contribution is 6.20. The second-order valence-corrected chi connectivity index (χ2v) is 6.04. The molecule has 6 heteroatoms. The van der Waals surface area contributed by atoms with Gasteiger partial charge >= 0.3 is 6.18 Å². The third kappa shape index (κ3) is 3.70. The number of amides is 1. The summed E-state index contributed by atoms with van der Waals surface area (Å²) in [6.45, 7) is 2.81. The number of benzene rings is 1. The summed E-state index contributed by atoms with van der Waals surface area (Å²) in [4.78, 5) is 13.8. The zero-order valence-electron chi connectivity index (χ0n) is 11.7. The highest BCUT2D eigenvalue weighted by Crippen LogP contribution is 2.33. The molecule has 1 aromatic carbocycles. The first-order valence-electron chi connectivity index (χ1n) is 6.90. The number of piperidine rings is 1. The van der Waals surface area contributed by atoms with Gasteiger partial charge in [0.2, 0.25) is 0 Å². The van der Waals surface area contributed by atoms with Gasteiger partial charge in [-0.05, 0) is 37.8 Å². The summed E-state index contributed by atoms with van der Waals surface area (Å²) in [6, 6.07) is 4.93. The molecule has 2 rings (SSSR count). The highest BCUT2D eigenvalue weighted by atomic mass is 35.5. The number of rotatable bonds is 2. The lowest BCUT2D eigenvalue weighted by molar-refractivity contribution is -0.138. The molecule has 0 bridgehead atoms. The molecule has 1 unspecified atom stereocenters. The predicted octanol–water partition coefficient (Wildman–Crippen LogP) is 4.18. The molecule has 116 valence electrons. The topological polar surface area (TPSA) is 20.3 Å².